The molecule has 0 bridgehead atoms. The summed E-state index contributed by atoms with van der Waals surface area (Å²) in [6, 6.07) is 13.2. The Labute approximate surface area is 186 Å². The minimum absolute atomic E-state index is 0.102. The predicted octanol–water partition coefficient (Wildman–Crippen LogP) is 4.71. The Balaban J connectivity index is 2.22. The summed E-state index contributed by atoms with van der Waals surface area (Å²) in [6.45, 7) is 10.9. The van der Waals surface area contributed by atoms with E-state index in [0.717, 1.165) is 35.1 Å². The molecule has 168 valence electrons. The van der Waals surface area contributed by atoms with Crippen molar-refractivity contribution >= 4 is 11.8 Å². The average molecular weight is 425 g/mol. The summed E-state index contributed by atoms with van der Waals surface area (Å²) in [7, 11) is 0. The molecular weight excluding hydrogens is 388 g/mol. The predicted molar refractivity (Wildman–Crippen MR) is 125 cm³/mol. The smallest absolute Gasteiger partial charge is 0.261 e. The Morgan fingerprint density at radius 1 is 1.00 bits per heavy atom. The van der Waals surface area contributed by atoms with Gasteiger partial charge in [-0.05, 0) is 61.9 Å². The van der Waals surface area contributed by atoms with Crippen LogP contribution in [-0.4, -0.2) is 35.9 Å². The van der Waals surface area contributed by atoms with Crippen LogP contribution in [0.15, 0.2) is 42.5 Å². The molecule has 2 aromatic rings. The van der Waals surface area contributed by atoms with Gasteiger partial charge in [-0.25, -0.2) is 0 Å². The van der Waals surface area contributed by atoms with Crippen LogP contribution in [0.2, 0.25) is 0 Å². The van der Waals surface area contributed by atoms with E-state index in [9.17, 15) is 9.59 Å². The highest BCUT2D eigenvalue weighted by molar-refractivity contribution is 5.88. The Morgan fingerprint density at radius 2 is 1.71 bits per heavy atom. The minimum atomic E-state index is -0.536. The fourth-order valence-corrected chi connectivity index (χ4v) is 3.50. The zero-order valence-corrected chi connectivity index (χ0v) is 19.5. The molecule has 0 aromatic heterocycles. The number of hydrogen-bond acceptors (Lipinski definition) is 3. The van der Waals surface area contributed by atoms with E-state index in [4.69, 9.17) is 4.74 Å². The second kappa shape index (κ2) is 12.1. The van der Waals surface area contributed by atoms with E-state index in [1.54, 1.807) is 4.90 Å². The van der Waals surface area contributed by atoms with Crippen LogP contribution in [0, 0.1) is 20.8 Å². The lowest BCUT2D eigenvalue weighted by Gasteiger charge is -2.31. The normalized spacial score (nSPS) is 11.6. The lowest BCUT2D eigenvalue weighted by Crippen LogP contribution is -2.50. The highest BCUT2D eigenvalue weighted by Gasteiger charge is 2.29. The number of carbonyl (C=O) groups is 2. The van der Waals surface area contributed by atoms with Crippen molar-refractivity contribution in [1.82, 2.24) is 10.2 Å². The van der Waals surface area contributed by atoms with Gasteiger partial charge < -0.3 is 15.0 Å². The number of benzene rings is 2. The molecule has 0 saturated carbocycles. The summed E-state index contributed by atoms with van der Waals surface area (Å²) >= 11 is 0. The summed E-state index contributed by atoms with van der Waals surface area (Å²) in [5.41, 5.74) is 4.26. The molecule has 0 aliphatic carbocycles. The van der Waals surface area contributed by atoms with Crippen LogP contribution in [0.4, 0.5) is 0 Å². The molecule has 5 nitrogen and oxygen atoms in total. The van der Waals surface area contributed by atoms with Gasteiger partial charge in [0.05, 0.1) is 0 Å². The Hall–Kier alpha value is -2.82. The van der Waals surface area contributed by atoms with Crippen LogP contribution in [0.1, 0.15) is 55.4 Å². The third-order valence-electron chi connectivity index (χ3n) is 5.72. The van der Waals surface area contributed by atoms with E-state index < -0.39 is 6.04 Å². The fourth-order valence-electron chi connectivity index (χ4n) is 3.50. The van der Waals surface area contributed by atoms with Crippen molar-refractivity contribution < 1.29 is 14.3 Å². The van der Waals surface area contributed by atoms with Gasteiger partial charge in [0.15, 0.2) is 6.61 Å². The molecule has 0 spiro atoms. The third kappa shape index (κ3) is 6.84. The Bertz CT molecular complexity index is 879. The van der Waals surface area contributed by atoms with E-state index in [1.165, 1.54) is 0 Å². The topological polar surface area (TPSA) is 58.6 Å². The van der Waals surface area contributed by atoms with Gasteiger partial charge in [-0.1, -0.05) is 56.7 Å². The largest absolute Gasteiger partial charge is 0.483 e. The first-order valence-corrected chi connectivity index (χ1v) is 11.2. The van der Waals surface area contributed by atoms with E-state index >= 15 is 0 Å². The first kappa shape index (κ1) is 24.4. The molecule has 0 aliphatic heterocycles. The molecule has 2 aromatic carbocycles. The first-order chi connectivity index (χ1) is 14.9. The molecule has 1 N–H and O–H groups in total. The van der Waals surface area contributed by atoms with Crippen LogP contribution < -0.4 is 10.1 Å². The van der Waals surface area contributed by atoms with Gasteiger partial charge in [-0.3, -0.25) is 9.59 Å². The summed E-state index contributed by atoms with van der Waals surface area (Å²) in [5, 5.41) is 2.99. The maximum Gasteiger partial charge on any atom is 0.261 e. The number of amides is 2. The van der Waals surface area contributed by atoms with Gasteiger partial charge in [0.1, 0.15) is 11.8 Å². The Morgan fingerprint density at radius 3 is 2.39 bits per heavy atom. The molecule has 31 heavy (non-hydrogen) atoms. The maximum atomic E-state index is 13.3. The van der Waals surface area contributed by atoms with Gasteiger partial charge in [0.2, 0.25) is 5.91 Å². The van der Waals surface area contributed by atoms with Crippen molar-refractivity contribution in [1.29, 1.82) is 0 Å². The lowest BCUT2D eigenvalue weighted by atomic mass is 10.1. The van der Waals surface area contributed by atoms with Crippen molar-refractivity contribution in [2.45, 2.75) is 66.5 Å². The number of carbonyl (C=O) groups excluding carboxylic acids is 2. The molecule has 2 rings (SSSR count). The number of nitrogens with zero attached hydrogens (tertiary/aromatic N) is 1. The van der Waals surface area contributed by atoms with E-state index in [0.29, 0.717) is 25.3 Å². The summed E-state index contributed by atoms with van der Waals surface area (Å²) < 4.78 is 5.88. The van der Waals surface area contributed by atoms with Crippen LogP contribution in [0.25, 0.3) is 0 Å². The highest BCUT2D eigenvalue weighted by atomic mass is 16.5. The van der Waals surface area contributed by atoms with Crippen molar-refractivity contribution in [2.24, 2.45) is 0 Å². The van der Waals surface area contributed by atoms with E-state index in [1.807, 2.05) is 70.2 Å². The number of aryl methyl sites for hydroxylation is 2. The number of hydrogen-bond donors (Lipinski definition) is 1. The van der Waals surface area contributed by atoms with Gasteiger partial charge >= 0.3 is 0 Å². The van der Waals surface area contributed by atoms with Gasteiger partial charge in [-0.2, -0.15) is 0 Å². The van der Waals surface area contributed by atoms with Gasteiger partial charge in [0.25, 0.3) is 5.91 Å². The highest BCUT2D eigenvalue weighted by Crippen LogP contribution is 2.21. The Kier molecular flexibility index (Phi) is 9.57. The molecule has 1 atom stereocenters. The molecule has 5 heteroatoms. The zero-order chi connectivity index (χ0) is 22.8. The van der Waals surface area contributed by atoms with Crippen LogP contribution in [0.3, 0.4) is 0 Å². The first-order valence-electron chi connectivity index (χ1n) is 11.2. The fraction of sp³-hybridized carbons (Fsp3) is 0.462. The number of ether oxygens (including phenoxy) is 1. The van der Waals surface area contributed by atoms with Crippen LogP contribution in [-0.2, 0) is 16.1 Å². The summed E-state index contributed by atoms with van der Waals surface area (Å²) in [5.74, 6) is 0.399. The number of rotatable bonds is 11. The van der Waals surface area contributed by atoms with Crippen molar-refractivity contribution in [3.05, 3.63) is 64.7 Å². The number of unbranched alkanes of at least 4 members (excludes halogenated alkanes) is 1. The van der Waals surface area contributed by atoms with E-state index in [-0.39, 0.29) is 18.4 Å². The standard InChI is InChI=1S/C26H36N2O3/c1-6-8-16-27-26(30)23(7-2)28(17-22-14-10-9-12-20(22)4)25(29)18-31-24-15-11-13-19(3)21(24)5/h9-15,23H,6-8,16-18H2,1-5H3,(H,27,30)/t23-/m1/s1. The quantitative estimate of drug-likeness (QED) is 0.531. The average Bonchev–Trinajstić information content (AvgIpc) is 2.76. The molecule has 0 fully saturated rings. The van der Waals surface area contributed by atoms with Crippen LogP contribution >= 0.6 is 0 Å². The number of nitrogens with one attached hydrogen (secondary N) is 1. The second-order valence-electron chi connectivity index (χ2n) is 8.00. The molecule has 0 saturated heterocycles. The van der Waals surface area contributed by atoms with Crippen molar-refractivity contribution in [3.63, 3.8) is 0 Å². The molecular formula is C26H36N2O3. The maximum absolute atomic E-state index is 13.3. The molecule has 2 amide bonds. The van der Waals surface area contributed by atoms with Crippen LogP contribution in [0.5, 0.6) is 5.75 Å². The molecule has 0 unspecified atom stereocenters. The molecule has 0 radical (unpaired) electrons. The second-order valence-corrected chi connectivity index (χ2v) is 8.00. The SMILES string of the molecule is CCCCNC(=O)[C@@H](CC)N(Cc1ccccc1C)C(=O)COc1cccc(C)c1C. The summed E-state index contributed by atoms with van der Waals surface area (Å²) in [4.78, 5) is 27.8. The summed E-state index contributed by atoms with van der Waals surface area (Å²) in [6.07, 6.45) is 2.47. The van der Waals surface area contributed by atoms with Gasteiger partial charge in [0, 0.05) is 13.1 Å². The molecule has 0 heterocycles. The van der Waals surface area contributed by atoms with Crippen molar-refractivity contribution in [2.75, 3.05) is 13.2 Å². The monoisotopic (exact) mass is 424 g/mol. The molecule has 0 aliphatic rings. The minimum Gasteiger partial charge on any atom is -0.483 e. The van der Waals surface area contributed by atoms with Crippen molar-refractivity contribution in [3.8, 4) is 5.75 Å². The third-order valence-corrected chi connectivity index (χ3v) is 5.72. The lowest BCUT2D eigenvalue weighted by molar-refractivity contribution is -0.143. The van der Waals surface area contributed by atoms with E-state index in [2.05, 4.69) is 12.2 Å². The zero-order valence-electron chi connectivity index (χ0n) is 19.5. The van der Waals surface area contributed by atoms with Gasteiger partial charge in [-0.15, -0.1) is 0 Å².